The molecular formula is C15H23NO. The zero-order valence-corrected chi connectivity index (χ0v) is 10.9. The predicted molar refractivity (Wildman–Crippen MR) is 71.1 cm³/mol. The average Bonchev–Trinajstić information content (AvgIpc) is 2.30. The maximum Gasteiger partial charge on any atom is 0.120 e. The lowest BCUT2D eigenvalue weighted by atomic mass is 9.76. The zero-order chi connectivity index (χ0) is 12.5. The van der Waals surface area contributed by atoms with Crippen LogP contribution < -0.4 is 5.73 Å². The predicted octanol–water partition coefficient (Wildman–Crippen LogP) is 3.63. The van der Waals surface area contributed by atoms with Gasteiger partial charge in [0.05, 0.1) is 0 Å². The molecular weight excluding hydrogens is 210 g/mol. The monoisotopic (exact) mass is 233 g/mol. The van der Waals surface area contributed by atoms with Crippen molar-refractivity contribution in [1.82, 2.24) is 0 Å². The van der Waals surface area contributed by atoms with Crippen molar-refractivity contribution >= 4 is 0 Å². The van der Waals surface area contributed by atoms with Gasteiger partial charge in [0.25, 0.3) is 0 Å². The van der Waals surface area contributed by atoms with Crippen LogP contribution in [-0.2, 0) is 5.54 Å². The summed E-state index contributed by atoms with van der Waals surface area (Å²) in [5.41, 5.74) is 8.38. The number of rotatable bonds is 2. The molecule has 0 saturated heterocycles. The van der Waals surface area contributed by atoms with Gasteiger partial charge in [-0.1, -0.05) is 39.2 Å². The molecule has 1 aliphatic carbocycles. The van der Waals surface area contributed by atoms with E-state index in [4.69, 9.17) is 5.73 Å². The third kappa shape index (κ3) is 2.47. The maximum atomic E-state index is 10.1. The number of hydrogen-bond acceptors (Lipinski definition) is 2. The van der Waals surface area contributed by atoms with E-state index in [1.807, 2.05) is 6.07 Å². The molecule has 1 aromatic rings. The standard InChI is InChI=1S/C15H23NO/c1-11(2)12-6-7-14(17)13(10-12)15(16)8-4-3-5-9-15/h6-7,10-11,17H,3-5,8-9,16H2,1-2H3. The van der Waals surface area contributed by atoms with E-state index in [-0.39, 0.29) is 5.54 Å². The molecule has 0 atom stereocenters. The van der Waals surface area contributed by atoms with E-state index < -0.39 is 0 Å². The van der Waals surface area contributed by atoms with Crippen molar-refractivity contribution in [3.05, 3.63) is 29.3 Å². The molecule has 2 nitrogen and oxygen atoms in total. The lowest BCUT2D eigenvalue weighted by Gasteiger charge is -2.34. The van der Waals surface area contributed by atoms with Crippen LogP contribution in [0.15, 0.2) is 18.2 Å². The number of phenolic OH excluding ortho intramolecular Hbond substituents is 1. The zero-order valence-electron chi connectivity index (χ0n) is 10.9. The van der Waals surface area contributed by atoms with Crippen LogP contribution in [0.2, 0.25) is 0 Å². The molecule has 1 aliphatic rings. The van der Waals surface area contributed by atoms with Gasteiger partial charge in [-0.05, 0) is 36.5 Å². The lowest BCUT2D eigenvalue weighted by Crippen LogP contribution is -2.38. The topological polar surface area (TPSA) is 46.2 Å². The van der Waals surface area contributed by atoms with Gasteiger partial charge in [-0.15, -0.1) is 0 Å². The fourth-order valence-electron chi connectivity index (χ4n) is 2.76. The quantitative estimate of drug-likeness (QED) is 0.819. The highest BCUT2D eigenvalue weighted by Crippen LogP contribution is 2.39. The van der Waals surface area contributed by atoms with Gasteiger partial charge in [-0.3, -0.25) is 0 Å². The summed E-state index contributed by atoms with van der Waals surface area (Å²) in [6.07, 6.45) is 5.58. The van der Waals surface area contributed by atoms with Crippen LogP contribution in [0.1, 0.15) is 63.0 Å². The molecule has 94 valence electrons. The van der Waals surface area contributed by atoms with Crippen LogP contribution in [-0.4, -0.2) is 5.11 Å². The molecule has 1 fully saturated rings. The van der Waals surface area contributed by atoms with Crippen molar-refractivity contribution < 1.29 is 5.11 Å². The molecule has 17 heavy (non-hydrogen) atoms. The smallest absolute Gasteiger partial charge is 0.120 e. The van der Waals surface area contributed by atoms with Crippen LogP contribution in [0.4, 0.5) is 0 Å². The third-order valence-electron chi connectivity index (χ3n) is 3.97. The van der Waals surface area contributed by atoms with Crippen molar-refractivity contribution in [2.75, 3.05) is 0 Å². The molecule has 0 radical (unpaired) electrons. The summed E-state index contributed by atoms with van der Waals surface area (Å²) in [5, 5.41) is 10.1. The SMILES string of the molecule is CC(C)c1ccc(O)c(C2(N)CCCCC2)c1. The van der Waals surface area contributed by atoms with Crippen molar-refractivity contribution in [3.63, 3.8) is 0 Å². The first-order chi connectivity index (χ1) is 8.03. The minimum atomic E-state index is -0.312. The van der Waals surface area contributed by atoms with Gasteiger partial charge in [0.1, 0.15) is 5.75 Å². The minimum Gasteiger partial charge on any atom is -0.508 e. The molecule has 0 unspecified atom stereocenters. The molecule has 1 saturated carbocycles. The molecule has 3 N–H and O–H groups in total. The molecule has 0 aromatic heterocycles. The summed E-state index contributed by atoms with van der Waals surface area (Å²) in [5.74, 6) is 0.834. The molecule has 1 aromatic carbocycles. The fourth-order valence-corrected chi connectivity index (χ4v) is 2.76. The Morgan fingerprint density at radius 1 is 1.18 bits per heavy atom. The van der Waals surface area contributed by atoms with E-state index in [1.165, 1.54) is 24.8 Å². The van der Waals surface area contributed by atoms with Gasteiger partial charge in [0.15, 0.2) is 0 Å². The first-order valence-corrected chi connectivity index (χ1v) is 6.65. The van der Waals surface area contributed by atoms with Crippen LogP contribution in [0.5, 0.6) is 5.75 Å². The molecule has 0 amide bonds. The number of aromatic hydroxyl groups is 1. The summed E-state index contributed by atoms with van der Waals surface area (Å²) in [6, 6.07) is 5.90. The Bertz CT molecular complexity index is 392. The fraction of sp³-hybridized carbons (Fsp3) is 0.600. The normalized spacial score (nSPS) is 19.5. The summed E-state index contributed by atoms with van der Waals surface area (Å²) in [6.45, 7) is 4.33. The van der Waals surface area contributed by atoms with E-state index >= 15 is 0 Å². The molecule has 0 bridgehead atoms. The second kappa shape index (κ2) is 4.69. The van der Waals surface area contributed by atoms with E-state index in [2.05, 4.69) is 19.9 Å². The van der Waals surface area contributed by atoms with E-state index in [0.717, 1.165) is 18.4 Å². The largest absolute Gasteiger partial charge is 0.508 e. The van der Waals surface area contributed by atoms with Crippen LogP contribution >= 0.6 is 0 Å². The van der Waals surface area contributed by atoms with Crippen LogP contribution in [0.25, 0.3) is 0 Å². The van der Waals surface area contributed by atoms with Gasteiger partial charge in [0.2, 0.25) is 0 Å². The first-order valence-electron chi connectivity index (χ1n) is 6.65. The highest BCUT2D eigenvalue weighted by Gasteiger charge is 2.31. The first kappa shape index (κ1) is 12.4. The minimum absolute atomic E-state index is 0.312. The van der Waals surface area contributed by atoms with Gasteiger partial charge < -0.3 is 10.8 Å². The van der Waals surface area contributed by atoms with Crippen LogP contribution in [0.3, 0.4) is 0 Å². The Morgan fingerprint density at radius 2 is 1.82 bits per heavy atom. The Morgan fingerprint density at radius 3 is 2.41 bits per heavy atom. The molecule has 0 spiro atoms. The highest BCUT2D eigenvalue weighted by molar-refractivity contribution is 5.42. The van der Waals surface area contributed by atoms with E-state index in [0.29, 0.717) is 11.7 Å². The van der Waals surface area contributed by atoms with Gasteiger partial charge in [-0.25, -0.2) is 0 Å². The average molecular weight is 233 g/mol. The van der Waals surface area contributed by atoms with Crippen molar-refractivity contribution in [2.45, 2.75) is 57.4 Å². The molecule has 0 aliphatic heterocycles. The van der Waals surface area contributed by atoms with Gasteiger partial charge in [-0.2, -0.15) is 0 Å². The summed E-state index contributed by atoms with van der Waals surface area (Å²) >= 11 is 0. The number of phenols is 1. The van der Waals surface area contributed by atoms with Crippen molar-refractivity contribution in [3.8, 4) is 5.75 Å². The lowest BCUT2D eigenvalue weighted by molar-refractivity contribution is 0.292. The van der Waals surface area contributed by atoms with E-state index in [1.54, 1.807) is 6.07 Å². The van der Waals surface area contributed by atoms with Crippen molar-refractivity contribution in [2.24, 2.45) is 5.73 Å². The summed E-state index contributed by atoms with van der Waals surface area (Å²) < 4.78 is 0. The van der Waals surface area contributed by atoms with Crippen molar-refractivity contribution in [1.29, 1.82) is 0 Å². The maximum absolute atomic E-state index is 10.1. The number of benzene rings is 1. The summed E-state index contributed by atoms with van der Waals surface area (Å²) in [7, 11) is 0. The number of hydrogen-bond donors (Lipinski definition) is 2. The van der Waals surface area contributed by atoms with Crippen LogP contribution in [0, 0.1) is 0 Å². The van der Waals surface area contributed by atoms with Gasteiger partial charge >= 0.3 is 0 Å². The molecule has 2 heteroatoms. The second-order valence-electron chi connectivity index (χ2n) is 5.65. The Hall–Kier alpha value is -1.02. The number of nitrogens with two attached hydrogens (primary N) is 1. The van der Waals surface area contributed by atoms with Gasteiger partial charge in [0, 0.05) is 11.1 Å². The Labute approximate surface area is 104 Å². The van der Waals surface area contributed by atoms with E-state index in [9.17, 15) is 5.11 Å². The molecule has 2 rings (SSSR count). The Kier molecular flexibility index (Phi) is 3.43. The second-order valence-corrected chi connectivity index (χ2v) is 5.65. The third-order valence-corrected chi connectivity index (χ3v) is 3.97. The Balaban J connectivity index is 2.38. The summed E-state index contributed by atoms with van der Waals surface area (Å²) in [4.78, 5) is 0. The highest BCUT2D eigenvalue weighted by atomic mass is 16.3. The molecule has 0 heterocycles.